The topological polar surface area (TPSA) is 62.3 Å². The van der Waals surface area contributed by atoms with Crippen molar-refractivity contribution in [1.82, 2.24) is 14.7 Å². The quantitative estimate of drug-likeness (QED) is 0.463. The summed E-state index contributed by atoms with van der Waals surface area (Å²) in [6.07, 6.45) is 9.45. The average Bonchev–Trinajstić information content (AvgIpc) is 3.76. The van der Waals surface area contributed by atoms with Crippen LogP contribution in [0.25, 0.3) is 5.57 Å². The molecule has 5 rings (SSSR count). The predicted octanol–water partition coefficient (Wildman–Crippen LogP) is 5.45. The molecule has 2 aliphatic carbocycles. The smallest absolute Gasteiger partial charge is 0.410 e. The third kappa shape index (κ3) is 8.00. The second-order valence-electron chi connectivity index (χ2n) is 13.0. The second-order valence-corrected chi connectivity index (χ2v) is 13.0. The van der Waals surface area contributed by atoms with Gasteiger partial charge in [0.25, 0.3) is 0 Å². The van der Waals surface area contributed by atoms with Crippen LogP contribution in [0.15, 0.2) is 30.3 Å². The van der Waals surface area contributed by atoms with Gasteiger partial charge >= 0.3 is 6.09 Å². The van der Waals surface area contributed by atoms with Crippen molar-refractivity contribution in [1.29, 1.82) is 0 Å². The molecular weight excluding hydrogens is 490 g/mol. The molecule has 0 spiro atoms. The number of carbonyl (C=O) groups is 2. The van der Waals surface area contributed by atoms with E-state index in [4.69, 9.17) is 9.47 Å². The fourth-order valence-electron chi connectivity index (χ4n) is 5.98. The standard InChI is InChI=1S/C32H47N3O4/c1-32(2,3)39-31(37)35-16-14-25(15-17-35)23-38-29-12-10-27(11-13-29)26-6-8-28(9-7-26)30(36)34-20-18-33(19-21-34)22-24-4-5-24/h6,10-13,24-25,28H,4-5,7-9,14-23H2,1-3H3. The second kappa shape index (κ2) is 12.3. The fraction of sp³-hybridized carbons (Fsp3) is 0.688. The Morgan fingerprint density at radius 2 is 1.54 bits per heavy atom. The Morgan fingerprint density at radius 3 is 2.13 bits per heavy atom. The van der Waals surface area contributed by atoms with Crippen LogP contribution in [0, 0.1) is 17.8 Å². The van der Waals surface area contributed by atoms with E-state index in [9.17, 15) is 9.59 Å². The van der Waals surface area contributed by atoms with Crippen LogP contribution in [0.2, 0.25) is 0 Å². The first-order valence-electron chi connectivity index (χ1n) is 15.1. The lowest BCUT2D eigenvalue weighted by Crippen LogP contribution is -2.50. The number of allylic oxidation sites excluding steroid dienone is 2. The molecule has 2 amide bonds. The molecule has 39 heavy (non-hydrogen) atoms. The number of rotatable bonds is 7. The van der Waals surface area contributed by atoms with Crippen molar-refractivity contribution in [3.63, 3.8) is 0 Å². The highest BCUT2D eigenvalue weighted by molar-refractivity contribution is 5.81. The Balaban J connectivity index is 1.02. The Hall–Kier alpha value is -2.54. The SMILES string of the molecule is CC(C)(C)OC(=O)N1CCC(COc2ccc(C3=CCC(C(=O)N4CCN(CC5CC5)CC4)CC3)cc2)CC1. The highest BCUT2D eigenvalue weighted by Crippen LogP contribution is 2.33. The summed E-state index contributed by atoms with van der Waals surface area (Å²) >= 11 is 0. The maximum absolute atomic E-state index is 13.1. The number of ether oxygens (including phenoxy) is 2. The minimum Gasteiger partial charge on any atom is -0.493 e. The van der Waals surface area contributed by atoms with Gasteiger partial charge in [-0.15, -0.1) is 0 Å². The first-order valence-corrected chi connectivity index (χ1v) is 15.1. The summed E-state index contributed by atoms with van der Waals surface area (Å²) in [7, 11) is 0. The van der Waals surface area contributed by atoms with Gasteiger partial charge in [0, 0.05) is 51.7 Å². The maximum Gasteiger partial charge on any atom is 0.410 e. The number of hydrogen-bond acceptors (Lipinski definition) is 5. The first kappa shape index (κ1) is 28.0. The molecule has 2 aliphatic heterocycles. The van der Waals surface area contributed by atoms with E-state index in [1.807, 2.05) is 25.7 Å². The minimum atomic E-state index is -0.458. The number of piperazine rings is 1. The molecule has 1 atom stereocenters. The summed E-state index contributed by atoms with van der Waals surface area (Å²) in [4.78, 5) is 31.9. The van der Waals surface area contributed by atoms with E-state index in [2.05, 4.69) is 40.1 Å². The molecule has 1 unspecified atom stereocenters. The normalized spacial score (nSPS) is 23.4. The Morgan fingerprint density at radius 1 is 0.846 bits per heavy atom. The maximum atomic E-state index is 13.1. The Labute approximate surface area is 234 Å². The van der Waals surface area contributed by atoms with Crippen molar-refractivity contribution in [3.05, 3.63) is 35.9 Å². The van der Waals surface area contributed by atoms with Crippen LogP contribution in [0.4, 0.5) is 4.79 Å². The van der Waals surface area contributed by atoms with Crippen LogP contribution in [0.5, 0.6) is 5.75 Å². The van der Waals surface area contributed by atoms with E-state index in [-0.39, 0.29) is 12.0 Å². The van der Waals surface area contributed by atoms with Gasteiger partial charge in [-0.3, -0.25) is 9.69 Å². The van der Waals surface area contributed by atoms with Gasteiger partial charge in [-0.25, -0.2) is 4.79 Å². The molecule has 0 aromatic heterocycles. The summed E-state index contributed by atoms with van der Waals surface area (Å²) in [6.45, 7) is 12.9. The highest BCUT2D eigenvalue weighted by atomic mass is 16.6. The number of benzene rings is 1. The number of likely N-dealkylation sites (tertiary alicyclic amines) is 1. The van der Waals surface area contributed by atoms with E-state index in [1.165, 1.54) is 30.5 Å². The molecule has 0 N–H and O–H groups in total. The van der Waals surface area contributed by atoms with E-state index >= 15 is 0 Å². The van der Waals surface area contributed by atoms with Gasteiger partial charge in [0.05, 0.1) is 6.61 Å². The van der Waals surface area contributed by atoms with Gasteiger partial charge in [-0.2, -0.15) is 0 Å². The van der Waals surface area contributed by atoms with Crippen molar-refractivity contribution in [3.8, 4) is 5.75 Å². The molecule has 1 saturated carbocycles. The largest absolute Gasteiger partial charge is 0.493 e. The number of amides is 2. The van der Waals surface area contributed by atoms with Crippen molar-refractivity contribution >= 4 is 17.6 Å². The molecule has 1 aromatic carbocycles. The lowest BCUT2D eigenvalue weighted by molar-refractivity contribution is -0.137. The molecule has 3 fully saturated rings. The molecule has 214 valence electrons. The number of carbonyl (C=O) groups excluding carboxylic acids is 2. The van der Waals surface area contributed by atoms with Crippen molar-refractivity contribution in [2.45, 2.75) is 71.3 Å². The third-order valence-electron chi connectivity index (χ3n) is 8.63. The molecule has 1 aromatic rings. The van der Waals surface area contributed by atoms with Crippen LogP contribution < -0.4 is 4.74 Å². The highest BCUT2D eigenvalue weighted by Gasteiger charge is 2.31. The molecule has 7 heteroatoms. The molecule has 2 saturated heterocycles. The molecule has 4 aliphatic rings. The monoisotopic (exact) mass is 537 g/mol. The molecule has 0 bridgehead atoms. The molecule has 7 nitrogen and oxygen atoms in total. The number of piperidine rings is 1. The number of hydrogen-bond donors (Lipinski definition) is 0. The van der Waals surface area contributed by atoms with E-state index in [1.54, 1.807) is 0 Å². The summed E-state index contributed by atoms with van der Waals surface area (Å²) in [5.41, 5.74) is 2.11. The summed E-state index contributed by atoms with van der Waals surface area (Å²) in [6, 6.07) is 8.41. The average molecular weight is 538 g/mol. The van der Waals surface area contributed by atoms with Crippen LogP contribution in [0.1, 0.15) is 71.3 Å². The first-order chi connectivity index (χ1) is 18.7. The van der Waals surface area contributed by atoms with E-state index < -0.39 is 5.60 Å². The number of nitrogens with zero attached hydrogens (tertiary/aromatic N) is 3. The fourth-order valence-corrected chi connectivity index (χ4v) is 5.98. The van der Waals surface area contributed by atoms with Gasteiger partial charge in [0.1, 0.15) is 11.4 Å². The Kier molecular flexibility index (Phi) is 8.85. The zero-order valence-electron chi connectivity index (χ0n) is 24.2. The lowest BCUT2D eigenvalue weighted by atomic mass is 9.85. The zero-order valence-corrected chi connectivity index (χ0v) is 24.2. The van der Waals surface area contributed by atoms with Crippen molar-refractivity contribution < 1.29 is 19.1 Å². The predicted molar refractivity (Wildman–Crippen MR) is 154 cm³/mol. The molecule has 0 radical (unpaired) electrons. The summed E-state index contributed by atoms with van der Waals surface area (Å²) < 4.78 is 11.6. The zero-order chi connectivity index (χ0) is 27.4. The Bertz CT molecular complexity index is 1010. The summed E-state index contributed by atoms with van der Waals surface area (Å²) in [5, 5.41) is 0. The van der Waals surface area contributed by atoms with Crippen molar-refractivity contribution in [2.24, 2.45) is 17.8 Å². The molecular formula is C32H47N3O4. The van der Waals surface area contributed by atoms with Gasteiger partial charge < -0.3 is 19.3 Å². The molecule has 2 heterocycles. The van der Waals surface area contributed by atoms with Crippen LogP contribution in [-0.4, -0.2) is 84.7 Å². The van der Waals surface area contributed by atoms with Crippen LogP contribution in [0.3, 0.4) is 0 Å². The van der Waals surface area contributed by atoms with Gasteiger partial charge in [-0.05, 0) is 101 Å². The minimum absolute atomic E-state index is 0.132. The van der Waals surface area contributed by atoms with E-state index in [0.717, 1.165) is 83.0 Å². The van der Waals surface area contributed by atoms with E-state index in [0.29, 0.717) is 18.4 Å². The van der Waals surface area contributed by atoms with Crippen LogP contribution >= 0.6 is 0 Å². The summed E-state index contributed by atoms with van der Waals surface area (Å²) in [5.74, 6) is 2.74. The van der Waals surface area contributed by atoms with Gasteiger partial charge in [0.2, 0.25) is 5.91 Å². The van der Waals surface area contributed by atoms with Crippen LogP contribution in [-0.2, 0) is 9.53 Å². The van der Waals surface area contributed by atoms with Crippen molar-refractivity contribution in [2.75, 3.05) is 52.4 Å². The third-order valence-corrected chi connectivity index (χ3v) is 8.63. The van der Waals surface area contributed by atoms with Gasteiger partial charge in [0.15, 0.2) is 0 Å². The lowest BCUT2D eigenvalue weighted by Gasteiger charge is -2.37. The van der Waals surface area contributed by atoms with Gasteiger partial charge in [-0.1, -0.05) is 18.2 Å².